The van der Waals surface area contributed by atoms with Gasteiger partial charge in [0.15, 0.2) is 0 Å². The van der Waals surface area contributed by atoms with E-state index in [1.54, 1.807) is 0 Å². The number of ether oxygens (including phenoxy) is 1. The van der Waals surface area contributed by atoms with E-state index in [4.69, 9.17) is 11.6 Å². The number of hydrogen-bond donors (Lipinski definition) is 0. The number of rotatable bonds is 3. The summed E-state index contributed by atoms with van der Waals surface area (Å²) in [5.41, 5.74) is 0. The second-order valence-electron chi connectivity index (χ2n) is 3.85. The van der Waals surface area contributed by atoms with E-state index in [1.807, 2.05) is 0 Å². The Hall–Kier alpha value is -0.630. The minimum atomic E-state index is -3.65. The van der Waals surface area contributed by atoms with E-state index in [9.17, 15) is 13.2 Å². The van der Waals surface area contributed by atoms with Crippen LogP contribution in [0.15, 0.2) is 11.0 Å². The highest BCUT2D eigenvalue weighted by Gasteiger charge is 2.33. The molecule has 1 fully saturated rings. The fraction of sp³-hybridized carbons (Fsp3) is 0.500. The zero-order valence-corrected chi connectivity index (χ0v) is 12.1. The molecule has 1 saturated heterocycles. The van der Waals surface area contributed by atoms with E-state index in [0.717, 1.165) is 24.2 Å². The molecule has 0 atom stereocenters. The van der Waals surface area contributed by atoms with Crippen LogP contribution in [0.25, 0.3) is 0 Å². The zero-order valence-electron chi connectivity index (χ0n) is 9.68. The number of esters is 1. The van der Waals surface area contributed by atoms with Gasteiger partial charge < -0.3 is 4.74 Å². The Labute approximate surface area is 114 Å². The Morgan fingerprint density at radius 2 is 2.06 bits per heavy atom. The average Bonchev–Trinajstić information content (AvgIpc) is 2.96. The van der Waals surface area contributed by atoms with E-state index in [0.29, 0.717) is 13.1 Å². The van der Waals surface area contributed by atoms with Crippen molar-refractivity contribution in [3.05, 3.63) is 15.3 Å². The molecular weight excluding hydrogens is 298 g/mol. The number of thiophene rings is 1. The van der Waals surface area contributed by atoms with Crippen molar-refractivity contribution in [2.24, 2.45) is 0 Å². The van der Waals surface area contributed by atoms with Crippen molar-refractivity contribution >= 4 is 38.9 Å². The Morgan fingerprint density at radius 3 is 2.61 bits per heavy atom. The maximum atomic E-state index is 12.4. The number of nitrogens with zero attached hydrogens (tertiary/aromatic N) is 1. The highest BCUT2D eigenvalue weighted by Crippen LogP contribution is 2.33. The van der Waals surface area contributed by atoms with Crippen LogP contribution in [-0.2, 0) is 14.8 Å². The van der Waals surface area contributed by atoms with Gasteiger partial charge in [-0.3, -0.25) is 0 Å². The number of sulfonamides is 1. The number of halogens is 1. The van der Waals surface area contributed by atoms with Crippen LogP contribution in [0.5, 0.6) is 0 Å². The summed E-state index contributed by atoms with van der Waals surface area (Å²) in [7, 11) is -2.43. The Morgan fingerprint density at radius 1 is 1.44 bits per heavy atom. The largest absolute Gasteiger partial charge is 0.465 e. The van der Waals surface area contributed by atoms with Crippen LogP contribution in [0.1, 0.15) is 22.5 Å². The summed E-state index contributed by atoms with van der Waals surface area (Å²) in [4.78, 5) is 11.5. The molecular formula is C10H12ClNO4S2. The molecule has 0 amide bonds. The molecule has 1 aromatic rings. The maximum Gasteiger partial charge on any atom is 0.349 e. The highest BCUT2D eigenvalue weighted by atomic mass is 35.5. The molecule has 0 aromatic carbocycles. The molecule has 0 unspecified atom stereocenters. The number of carbonyl (C=O) groups excluding carboxylic acids is 1. The first-order valence-electron chi connectivity index (χ1n) is 5.34. The normalized spacial score (nSPS) is 17.0. The quantitative estimate of drug-likeness (QED) is 0.801. The van der Waals surface area contributed by atoms with E-state index >= 15 is 0 Å². The summed E-state index contributed by atoms with van der Waals surface area (Å²) in [6, 6.07) is 1.31. The lowest BCUT2D eigenvalue weighted by atomic mass is 10.4. The number of methoxy groups -OCH3 is 1. The second kappa shape index (κ2) is 5.16. The molecule has 1 aromatic heterocycles. The summed E-state index contributed by atoms with van der Waals surface area (Å²) >= 11 is 6.72. The average molecular weight is 310 g/mol. The van der Waals surface area contributed by atoms with Crippen molar-refractivity contribution in [3.8, 4) is 0 Å². The van der Waals surface area contributed by atoms with E-state index < -0.39 is 16.0 Å². The third-order valence-corrected chi connectivity index (χ3v) is 6.02. The fourth-order valence-electron chi connectivity index (χ4n) is 1.84. The van der Waals surface area contributed by atoms with Crippen molar-refractivity contribution in [2.75, 3.05) is 20.2 Å². The molecule has 0 aliphatic carbocycles. The zero-order chi connectivity index (χ0) is 13.3. The van der Waals surface area contributed by atoms with Crippen molar-refractivity contribution in [1.29, 1.82) is 0 Å². The summed E-state index contributed by atoms with van der Waals surface area (Å²) in [6.07, 6.45) is 1.68. The first kappa shape index (κ1) is 13.8. The maximum absolute atomic E-state index is 12.4. The lowest BCUT2D eigenvalue weighted by Gasteiger charge is -2.15. The topological polar surface area (TPSA) is 63.7 Å². The van der Waals surface area contributed by atoms with Gasteiger partial charge >= 0.3 is 5.97 Å². The van der Waals surface area contributed by atoms with Crippen LogP contribution < -0.4 is 0 Å². The molecule has 2 rings (SSSR count). The number of hydrogen-bond acceptors (Lipinski definition) is 5. The van der Waals surface area contributed by atoms with Crippen LogP contribution in [0.2, 0.25) is 4.34 Å². The predicted octanol–water partition coefficient (Wildman–Crippen LogP) is 1.97. The molecule has 0 radical (unpaired) electrons. The van der Waals surface area contributed by atoms with Gasteiger partial charge in [0.05, 0.1) is 11.4 Å². The van der Waals surface area contributed by atoms with Gasteiger partial charge in [-0.05, 0) is 18.9 Å². The lowest BCUT2D eigenvalue weighted by Crippen LogP contribution is -2.28. The van der Waals surface area contributed by atoms with Crippen LogP contribution >= 0.6 is 22.9 Å². The van der Waals surface area contributed by atoms with Gasteiger partial charge in [-0.1, -0.05) is 11.6 Å². The first-order valence-corrected chi connectivity index (χ1v) is 7.98. The predicted molar refractivity (Wildman–Crippen MR) is 68.7 cm³/mol. The summed E-state index contributed by atoms with van der Waals surface area (Å²) in [5, 5.41) is 0. The third kappa shape index (κ3) is 2.40. The van der Waals surface area contributed by atoms with Gasteiger partial charge in [0, 0.05) is 13.1 Å². The van der Waals surface area contributed by atoms with Gasteiger partial charge in [0.2, 0.25) is 10.0 Å². The Balaban J connectivity index is 2.46. The molecule has 5 nitrogen and oxygen atoms in total. The summed E-state index contributed by atoms with van der Waals surface area (Å²) in [6.45, 7) is 0.965. The van der Waals surface area contributed by atoms with E-state index in [2.05, 4.69) is 4.74 Å². The summed E-state index contributed by atoms with van der Waals surface area (Å²) < 4.78 is 30.9. The van der Waals surface area contributed by atoms with Gasteiger partial charge in [0.25, 0.3) is 0 Å². The third-order valence-electron chi connectivity index (χ3n) is 2.72. The Bertz CT molecular complexity index is 560. The summed E-state index contributed by atoms with van der Waals surface area (Å²) in [5.74, 6) is -0.676. The van der Waals surface area contributed by atoms with Crippen molar-refractivity contribution in [2.45, 2.75) is 17.7 Å². The lowest BCUT2D eigenvalue weighted by molar-refractivity contribution is 0.0602. The first-order chi connectivity index (χ1) is 8.46. The highest BCUT2D eigenvalue weighted by molar-refractivity contribution is 7.89. The van der Waals surface area contributed by atoms with Gasteiger partial charge in [-0.2, -0.15) is 4.31 Å². The molecule has 2 heterocycles. The van der Waals surface area contributed by atoms with Crippen molar-refractivity contribution in [1.82, 2.24) is 4.31 Å². The van der Waals surface area contributed by atoms with Gasteiger partial charge in [-0.25, -0.2) is 13.2 Å². The van der Waals surface area contributed by atoms with Gasteiger partial charge in [-0.15, -0.1) is 11.3 Å². The smallest absolute Gasteiger partial charge is 0.349 e. The SMILES string of the molecule is COC(=O)c1sc(Cl)cc1S(=O)(=O)N1CCCC1. The minimum Gasteiger partial charge on any atom is -0.465 e. The second-order valence-corrected chi connectivity index (χ2v) is 7.44. The van der Waals surface area contributed by atoms with Crippen molar-refractivity contribution < 1.29 is 17.9 Å². The Kier molecular flexibility index (Phi) is 3.96. The van der Waals surface area contributed by atoms with Crippen LogP contribution in [0.4, 0.5) is 0 Å². The minimum absolute atomic E-state index is 0.0365. The molecule has 1 aliphatic rings. The van der Waals surface area contributed by atoms with Crippen LogP contribution in [0, 0.1) is 0 Å². The molecule has 1 aliphatic heterocycles. The molecule has 100 valence electrons. The van der Waals surface area contributed by atoms with Gasteiger partial charge in [0.1, 0.15) is 9.77 Å². The van der Waals surface area contributed by atoms with Crippen molar-refractivity contribution in [3.63, 3.8) is 0 Å². The van der Waals surface area contributed by atoms with Crippen LogP contribution in [0.3, 0.4) is 0 Å². The molecule has 0 bridgehead atoms. The molecule has 0 spiro atoms. The number of carbonyl (C=O) groups is 1. The molecule has 18 heavy (non-hydrogen) atoms. The van der Waals surface area contributed by atoms with E-state index in [-0.39, 0.29) is 14.1 Å². The van der Waals surface area contributed by atoms with E-state index in [1.165, 1.54) is 17.5 Å². The molecule has 0 saturated carbocycles. The standard InChI is InChI=1S/C10H12ClNO4S2/c1-16-10(13)9-7(6-8(11)17-9)18(14,15)12-4-2-3-5-12/h6H,2-5H2,1H3. The monoisotopic (exact) mass is 309 g/mol. The fourth-order valence-corrected chi connectivity index (χ4v) is 5.06. The molecule has 8 heteroatoms. The molecule has 0 N–H and O–H groups in total. The van der Waals surface area contributed by atoms with Crippen LogP contribution in [-0.4, -0.2) is 38.9 Å².